The Hall–Kier alpha value is -2.51. The number of benzene rings is 2. The highest BCUT2D eigenvalue weighted by atomic mass is 35.5. The molecule has 2 rings (SSSR count). The lowest BCUT2D eigenvalue weighted by molar-refractivity contribution is -0.135. The lowest BCUT2D eigenvalue weighted by Gasteiger charge is -2.23. The van der Waals surface area contributed by atoms with Crippen molar-refractivity contribution in [2.45, 2.75) is 40.0 Å². The molecule has 0 amide bonds. The van der Waals surface area contributed by atoms with Crippen molar-refractivity contribution in [3.8, 4) is 11.5 Å². The lowest BCUT2D eigenvalue weighted by Crippen LogP contribution is -2.27. The summed E-state index contributed by atoms with van der Waals surface area (Å²) >= 11 is 0. The summed E-state index contributed by atoms with van der Waals surface area (Å²) < 4.78 is 0. The van der Waals surface area contributed by atoms with Crippen LogP contribution in [0.1, 0.15) is 38.8 Å². The van der Waals surface area contributed by atoms with Crippen molar-refractivity contribution in [1.29, 1.82) is 0 Å². The number of hydrogen-bond acceptors (Lipinski definition) is 5. The SMILES string of the molecule is CC(=O)O.CC(=O)O.Cc1c(O)c(O)cc2ccc(C(C)(C)CN)cc12.Cl. The third-order valence-corrected chi connectivity index (χ3v) is 3.64. The van der Waals surface area contributed by atoms with E-state index in [2.05, 4.69) is 13.8 Å². The Morgan fingerprint density at radius 3 is 1.89 bits per heavy atom. The van der Waals surface area contributed by atoms with Crippen molar-refractivity contribution in [2.75, 3.05) is 6.54 Å². The molecule has 0 aliphatic carbocycles. The van der Waals surface area contributed by atoms with E-state index in [1.54, 1.807) is 13.0 Å². The average molecular weight is 402 g/mol. The molecule has 0 aliphatic rings. The second-order valence-corrected chi connectivity index (χ2v) is 6.43. The normalized spacial score (nSPS) is 9.85. The van der Waals surface area contributed by atoms with E-state index < -0.39 is 11.9 Å². The summed E-state index contributed by atoms with van der Waals surface area (Å²) in [6.07, 6.45) is 0. The molecule has 152 valence electrons. The summed E-state index contributed by atoms with van der Waals surface area (Å²) in [5.41, 5.74) is 7.51. The van der Waals surface area contributed by atoms with Crippen molar-refractivity contribution >= 4 is 35.1 Å². The Morgan fingerprint density at radius 2 is 1.48 bits per heavy atom. The van der Waals surface area contributed by atoms with E-state index in [9.17, 15) is 10.2 Å². The highest BCUT2D eigenvalue weighted by Crippen LogP contribution is 2.36. The number of nitrogens with two attached hydrogens (primary N) is 1. The van der Waals surface area contributed by atoms with Crippen molar-refractivity contribution in [3.63, 3.8) is 0 Å². The minimum atomic E-state index is -0.833. The Kier molecular flexibility index (Phi) is 11.1. The number of halogens is 1. The average Bonchev–Trinajstić information content (AvgIpc) is 2.51. The molecule has 0 heterocycles. The molecule has 0 saturated carbocycles. The number of hydrogen-bond donors (Lipinski definition) is 5. The van der Waals surface area contributed by atoms with Gasteiger partial charge in [-0.2, -0.15) is 0 Å². The highest BCUT2D eigenvalue weighted by molar-refractivity contribution is 5.90. The quantitative estimate of drug-likeness (QED) is 0.485. The largest absolute Gasteiger partial charge is 0.504 e. The Balaban J connectivity index is 0. The fourth-order valence-electron chi connectivity index (χ4n) is 2.08. The zero-order valence-electron chi connectivity index (χ0n) is 16.1. The maximum Gasteiger partial charge on any atom is 0.300 e. The summed E-state index contributed by atoms with van der Waals surface area (Å²) in [6.45, 7) is 8.70. The van der Waals surface area contributed by atoms with E-state index in [-0.39, 0.29) is 29.3 Å². The van der Waals surface area contributed by atoms with Gasteiger partial charge in [0.25, 0.3) is 11.9 Å². The number of aryl methyl sites for hydroxylation is 1. The number of fused-ring (bicyclic) bond motifs is 1. The molecule has 0 unspecified atom stereocenters. The molecule has 0 saturated heterocycles. The summed E-state index contributed by atoms with van der Waals surface area (Å²) in [7, 11) is 0. The van der Waals surface area contributed by atoms with Crippen LogP contribution in [0.15, 0.2) is 24.3 Å². The third-order valence-electron chi connectivity index (χ3n) is 3.64. The van der Waals surface area contributed by atoms with Gasteiger partial charge in [0.2, 0.25) is 0 Å². The van der Waals surface area contributed by atoms with E-state index in [4.69, 9.17) is 25.5 Å². The maximum atomic E-state index is 9.78. The number of phenolic OH excluding ortho intramolecular Hbond substituents is 2. The fraction of sp³-hybridized carbons (Fsp3) is 0.368. The molecule has 2 aromatic carbocycles. The minimum absolute atomic E-state index is 0. The second-order valence-electron chi connectivity index (χ2n) is 6.43. The molecule has 8 heteroatoms. The monoisotopic (exact) mass is 401 g/mol. The van der Waals surface area contributed by atoms with Gasteiger partial charge in [0.1, 0.15) is 0 Å². The van der Waals surface area contributed by atoms with E-state index in [0.29, 0.717) is 12.1 Å². The Bertz CT molecular complexity index is 769. The smallest absolute Gasteiger partial charge is 0.300 e. The molecular weight excluding hydrogens is 374 g/mol. The first-order chi connectivity index (χ1) is 11.8. The van der Waals surface area contributed by atoms with Gasteiger partial charge >= 0.3 is 0 Å². The van der Waals surface area contributed by atoms with E-state index in [0.717, 1.165) is 30.2 Å². The summed E-state index contributed by atoms with van der Waals surface area (Å²) in [6, 6.07) is 7.59. The molecule has 0 spiro atoms. The van der Waals surface area contributed by atoms with Crippen molar-refractivity contribution in [3.05, 3.63) is 35.4 Å². The predicted molar refractivity (Wildman–Crippen MR) is 108 cm³/mol. The molecule has 0 aliphatic heterocycles. The highest BCUT2D eigenvalue weighted by Gasteiger charge is 2.19. The maximum absolute atomic E-state index is 9.78. The Labute approximate surface area is 164 Å². The van der Waals surface area contributed by atoms with Gasteiger partial charge in [0, 0.05) is 31.4 Å². The first-order valence-corrected chi connectivity index (χ1v) is 7.88. The van der Waals surface area contributed by atoms with Crippen LogP contribution in [0, 0.1) is 6.92 Å². The molecule has 0 aromatic heterocycles. The number of rotatable bonds is 2. The summed E-state index contributed by atoms with van der Waals surface area (Å²) in [4.78, 5) is 18.0. The first-order valence-electron chi connectivity index (χ1n) is 7.88. The number of carbonyl (C=O) groups is 2. The van der Waals surface area contributed by atoms with Crippen LogP contribution in [0.2, 0.25) is 0 Å². The molecule has 2 aromatic rings. The summed E-state index contributed by atoms with van der Waals surface area (Å²) in [5, 5.41) is 36.1. The zero-order valence-corrected chi connectivity index (χ0v) is 16.9. The molecule has 0 radical (unpaired) electrons. The number of phenols is 2. The van der Waals surface area contributed by atoms with Gasteiger partial charge in [-0.25, -0.2) is 0 Å². The van der Waals surface area contributed by atoms with Gasteiger partial charge < -0.3 is 26.2 Å². The molecule has 0 fully saturated rings. The van der Waals surface area contributed by atoms with Crippen molar-refractivity contribution in [2.24, 2.45) is 5.73 Å². The van der Waals surface area contributed by atoms with Gasteiger partial charge in [-0.1, -0.05) is 32.0 Å². The van der Waals surface area contributed by atoms with E-state index >= 15 is 0 Å². The van der Waals surface area contributed by atoms with Crippen LogP contribution in [0.5, 0.6) is 11.5 Å². The number of carboxylic acids is 2. The van der Waals surface area contributed by atoms with Crippen LogP contribution < -0.4 is 5.73 Å². The van der Waals surface area contributed by atoms with Crippen LogP contribution in [0.4, 0.5) is 0 Å². The van der Waals surface area contributed by atoms with Crippen molar-refractivity contribution in [1.82, 2.24) is 0 Å². The van der Waals surface area contributed by atoms with Crippen LogP contribution >= 0.6 is 12.4 Å². The molecular formula is C19H28ClNO6. The van der Waals surface area contributed by atoms with Gasteiger partial charge in [0.05, 0.1) is 0 Å². The molecule has 6 N–H and O–H groups in total. The zero-order chi connectivity index (χ0) is 20.7. The number of aromatic hydroxyl groups is 2. The molecule has 27 heavy (non-hydrogen) atoms. The predicted octanol–water partition coefficient (Wildman–Crippen LogP) is 3.40. The van der Waals surface area contributed by atoms with Crippen LogP contribution in [-0.2, 0) is 15.0 Å². The first kappa shape index (κ1) is 26.7. The third kappa shape index (κ3) is 8.61. The number of aliphatic carboxylic acids is 2. The van der Waals surface area contributed by atoms with Crippen LogP contribution in [0.25, 0.3) is 10.8 Å². The van der Waals surface area contributed by atoms with Gasteiger partial charge in [-0.3, -0.25) is 9.59 Å². The molecule has 0 bridgehead atoms. The van der Waals surface area contributed by atoms with Gasteiger partial charge in [-0.15, -0.1) is 12.4 Å². The van der Waals surface area contributed by atoms with E-state index in [1.807, 2.05) is 18.2 Å². The molecule has 0 atom stereocenters. The second kappa shape index (κ2) is 11.3. The standard InChI is InChI=1S/C15H19NO2.2C2H4O2.ClH/c1-9-12-7-11(15(2,3)8-16)5-4-10(12)6-13(17)14(9)18;2*1-2(3)4;/h4-7,17-18H,8,16H2,1-3H3;2*1H3,(H,3,4);1H. The lowest BCUT2D eigenvalue weighted by atomic mass is 9.83. The fourth-order valence-corrected chi connectivity index (χ4v) is 2.08. The van der Waals surface area contributed by atoms with Crippen LogP contribution in [0.3, 0.4) is 0 Å². The minimum Gasteiger partial charge on any atom is -0.504 e. The van der Waals surface area contributed by atoms with Gasteiger partial charge in [-0.05, 0) is 29.3 Å². The molecule has 7 nitrogen and oxygen atoms in total. The Morgan fingerprint density at radius 1 is 1.04 bits per heavy atom. The number of carboxylic acid groups (broad SMARTS) is 2. The van der Waals surface area contributed by atoms with E-state index in [1.165, 1.54) is 0 Å². The summed E-state index contributed by atoms with van der Waals surface area (Å²) in [5.74, 6) is -1.80. The van der Waals surface area contributed by atoms with Gasteiger partial charge in [0.15, 0.2) is 11.5 Å². The van der Waals surface area contributed by atoms with Crippen LogP contribution in [-0.4, -0.2) is 38.9 Å². The van der Waals surface area contributed by atoms with Crippen molar-refractivity contribution < 1.29 is 30.0 Å². The topological polar surface area (TPSA) is 141 Å².